The van der Waals surface area contributed by atoms with Crippen molar-refractivity contribution in [2.45, 2.75) is 31.6 Å². The van der Waals surface area contributed by atoms with Gasteiger partial charge in [0.2, 0.25) is 4.87 Å². The second-order valence-corrected chi connectivity index (χ2v) is 12.1. The zero-order chi connectivity index (χ0) is 27.3. The standard InChI is InChI=1S/C28H26N2O6S2/c1-3-21-16-15-20-17-22(18-11-7-5-8-12-18)24-23(19-13-9-6-10-14-19)27(37(31,32)33)28(4-2,38(34,35)36)30-26(24)25(20)29-21/h5-17,30H,3-4H2,1-2H3,(H,31,32,33)(H,34,35,36). The van der Waals surface area contributed by atoms with Gasteiger partial charge >= 0.3 is 0 Å². The summed E-state index contributed by atoms with van der Waals surface area (Å²) >= 11 is 0. The lowest BCUT2D eigenvalue weighted by Gasteiger charge is -2.40. The van der Waals surface area contributed by atoms with Gasteiger partial charge in [-0.3, -0.25) is 14.1 Å². The molecule has 0 saturated carbocycles. The maximum atomic E-state index is 13.1. The molecule has 1 aliphatic heterocycles. The normalized spacial score (nSPS) is 17.8. The van der Waals surface area contributed by atoms with Crippen LogP contribution in [0.3, 0.4) is 0 Å². The number of rotatable bonds is 6. The summed E-state index contributed by atoms with van der Waals surface area (Å²) in [6.45, 7) is 3.36. The van der Waals surface area contributed by atoms with E-state index in [-0.39, 0.29) is 11.3 Å². The van der Waals surface area contributed by atoms with E-state index in [1.54, 1.807) is 30.3 Å². The Morgan fingerprint density at radius 1 is 0.842 bits per heavy atom. The third-order valence-corrected chi connectivity index (χ3v) is 9.59. The zero-order valence-corrected chi connectivity index (χ0v) is 22.3. The topological polar surface area (TPSA) is 134 Å². The summed E-state index contributed by atoms with van der Waals surface area (Å²) in [6.07, 6.45) is 0.210. The van der Waals surface area contributed by atoms with Crippen molar-refractivity contribution in [3.63, 3.8) is 0 Å². The van der Waals surface area contributed by atoms with Crippen LogP contribution in [0, 0.1) is 0 Å². The molecule has 2 heterocycles. The van der Waals surface area contributed by atoms with Gasteiger partial charge in [-0.2, -0.15) is 16.8 Å². The molecule has 0 radical (unpaired) electrons. The Balaban J connectivity index is 2.11. The number of nitrogens with one attached hydrogen (secondary N) is 1. The predicted molar refractivity (Wildman–Crippen MR) is 149 cm³/mol. The predicted octanol–water partition coefficient (Wildman–Crippen LogP) is 5.53. The lowest BCUT2D eigenvalue weighted by molar-refractivity contribution is 0.441. The van der Waals surface area contributed by atoms with E-state index in [4.69, 9.17) is 4.98 Å². The van der Waals surface area contributed by atoms with Crippen LogP contribution in [0.25, 0.3) is 27.6 Å². The first-order valence-electron chi connectivity index (χ1n) is 12.1. The van der Waals surface area contributed by atoms with Crippen molar-refractivity contribution in [1.82, 2.24) is 4.98 Å². The van der Waals surface area contributed by atoms with Gasteiger partial charge in [-0.1, -0.05) is 80.6 Å². The summed E-state index contributed by atoms with van der Waals surface area (Å²) in [7, 11) is -10.3. The summed E-state index contributed by atoms with van der Waals surface area (Å²) in [4.78, 5) is 1.36. The van der Waals surface area contributed by atoms with Crippen LogP contribution in [0.15, 0.2) is 83.8 Å². The Labute approximate surface area is 221 Å². The van der Waals surface area contributed by atoms with Gasteiger partial charge in [-0.05, 0) is 41.7 Å². The minimum atomic E-state index is -5.18. The van der Waals surface area contributed by atoms with E-state index >= 15 is 0 Å². The van der Waals surface area contributed by atoms with Crippen LogP contribution < -0.4 is 5.32 Å². The van der Waals surface area contributed by atoms with Crippen LogP contribution in [-0.2, 0) is 26.7 Å². The average Bonchev–Trinajstić information content (AvgIpc) is 2.90. The molecule has 0 amide bonds. The van der Waals surface area contributed by atoms with Gasteiger partial charge in [-0.15, -0.1) is 0 Å². The number of fused-ring (bicyclic) bond motifs is 3. The van der Waals surface area contributed by atoms with Gasteiger partial charge in [0, 0.05) is 22.2 Å². The molecule has 0 aliphatic carbocycles. The third-order valence-electron chi connectivity index (χ3n) is 6.92. The van der Waals surface area contributed by atoms with Crippen molar-refractivity contribution < 1.29 is 25.9 Å². The Kier molecular flexibility index (Phi) is 6.39. The van der Waals surface area contributed by atoms with Crippen molar-refractivity contribution in [2.75, 3.05) is 5.32 Å². The van der Waals surface area contributed by atoms with Gasteiger partial charge in [0.15, 0.2) is 0 Å². The summed E-state index contributed by atoms with van der Waals surface area (Å²) < 4.78 is 73.4. The first-order chi connectivity index (χ1) is 18.0. The largest absolute Gasteiger partial charge is 0.358 e. The number of anilines is 1. The molecule has 0 fully saturated rings. The number of benzene rings is 3. The third kappa shape index (κ3) is 4.10. The molecule has 8 nitrogen and oxygen atoms in total. The van der Waals surface area contributed by atoms with Crippen molar-refractivity contribution in [3.05, 3.63) is 101 Å². The molecular formula is C28H26N2O6S2. The van der Waals surface area contributed by atoms with E-state index in [1.807, 2.05) is 55.5 Å². The SMILES string of the molecule is CCc1ccc2cc(-c3ccccc3)c3c(c2n1)NC(CC)(S(=O)(=O)O)C(S(=O)(=O)O)=C3c1ccccc1. The maximum Gasteiger partial charge on any atom is 0.294 e. The number of pyridine rings is 1. The molecule has 1 aliphatic rings. The lowest BCUT2D eigenvalue weighted by atomic mass is 9.83. The fourth-order valence-electron chi connectivity index (χ4n) is 5.14. The molecule has 0 saturated heterocycles. The molecule has 0 bridgehead atoms. The highest BCUT2D eigenvalue weighted by molar-refractivity contribution is 7.94. The van der Waals surface area contributed by atoms with Gasteiger partial charge in [0.05, 0.1) is 11.2 Å². The molecule has 1 unspecified atom stereocenters. The number of nitrogens with zero attached hydrogens (tertiary/aromatic N) is 1. The van der Waals surface area contributed by atoms with E-state index < -0.39 is 36.4 Å². The monoisotopic (exact) mass is 550 g/mol. The smallest absolute Gasteiger partial charge is 0.294 e. The molecule has 38 heavy (non-hydrogen) atoms. The van der Waals surface area contributed by atoms with Gasteiger partial charge < -0.3 is 5.32 Å². The minimum Gasteiger partial charge on any atom is -0.358 e. The first-order valence-corrected chi connectivity index (χ1v) is 14.9. The molecule has 4 aromatic rings. The summed E-state index contributed by atoms with van der Waals surface area (Å²) in [5.74, 6) is 0. The fourth-order valence-corrected chi connectivity index (χ4v) is 7.79. The van der Waals surface area contributed by atoms with Crippen molar-refractivity contribution >= 4 is 42.4 Å². The number of hydrogen-bond donors (Lipinski definition) is 3. The Morgan fingerprint density at radius 3 is 1.97 bits per heavy atom. The quantitative estimate of drug-likeness (QED) is 0.267. The summed E-state index contributed by atoms with van der Waals surface area (Å²) in [5.41, 5.74) is 3.45. The van der Waals surface area contributed by atoms with E-state index in [0.29, 0.717) is 34.0 Å². The second kappa shape index (κ2) is 9.32. The van der Waals surface area contributed by atoms with Crippen LogP contribution in [0.2, 0.25) is 0 Å². The summed E-state index contributed by atoms with van der Waals surface area (Å²) in [5, 5.41) is 3.55. The molecule has 10 heteroatoms. The Morgan fingerprint density at radius 2 is 1.45 bits per heavy atom. The van der Waals surface area contributed by atoms with Crippen molar-refractivity contribution in [3.8, 4) is 11.1 Å². The highest BCUT2D eigenvalue weighted by atomic mass is 32.2. The van der Waals surface area contributed by atoms with Crippen LogP contribution in [0.5, 0.6) is 0 Å². The van der Waals surface area contributed by atoms with Crippen LogP contribution >= 0.6 is 0 Å². The van der Waals surface area contributed by atoms with E-state index in [9.17, 15) is 25.9 Å². The number of aryl methyl sites for hydroxylation is 1. The highest BCUT2D eigenvalue weighted by Gasteiger charge is 2.55. The van der Waals surface area contributed by atoms with Gasteiger partial charge in [-0.25, -0.2) is 0 Å². The van der Waals surface area contributed by atoms with E-state index in [2.05, 4.69) is 5.32 Å². The molecule has 1 atom stereocenters. The Hall–Kier alpha value is -3.57. The van der Waals surface area contributed by atoms with Crippen LogP contribution in [-0.4, -0.2) is 35.8 Å². The van der Waals surface area contributed by atoms with E-state index in [1.165, 1.54) is 6.92 Å². The number of hydrogen-bond acceptors (Lipinski definition) is 6. The van der Waals surface area contributed by atoms with Gasteiger partial charge in [0.25, 0.3) is 20.2 Å². The maximum absolute atomic E-state index is 13.1. The van der Waals surface area contributed by atoms with Crippen LogP contribution in [0.1, 0.15) is 37.1 Å². The minimum absolute atomic E-state index is 0.0224. The summed E-state index contributed by atoms with van der Waals surface area (Å²) in [6, 6.07) is 23.2. The molecule has 3 aromatic carbocycles. The first kappa shape index (κ1) is 26.1. The van der Waals surface area contributed by atoms with Crippen molar-refractivity contribution in [2.24, 2.45) is 0 Å². The Bertz CT molecular complexity index is 1800. The van der Waals surface area contributed by atoms with E-state index in [0.717, 1.165) is 11.3 Å². The molecule has 3 N–H and O–H groups in total. The van der Waals surface area contributed by atoms with Crippen molar-refractivity contribution in [1.29, 1.82) is 0 Å². The molecule has 0 spiro atoms. The molecule has 5 rings (SSSR count). The molecule has 1 aromatic heterocycles. The highest BCUT2D eigenvalue weighted by Crippen LogP contribution is 2.52. The molecule has 196 valence electrons. The average molecular weight is 551 g/mol. The second-order valence-electron chi connectivity index (χ2n) is 9.09. The molecular weight excluding hydrogens is 524 g/mol. The van der Waals surface area contributed by atoms with Gasteiger partial charge in [0.1, 0.15) is 4.91 Å². The lowest BCUT2D eigenvalue weighted by Crippen LogP contribution is -2.51. The fraction of sp³-hybridized carbons (Fsp3) is 0.179. The van der Waals surface area contributed by atoms with Crippen LogP contribution in [0.4, 0.5) is 5.69 Å². The zero-order valence-electron chi connectivity index (χ0n) is 20.7. The number of aromatic nitrogens is 1.